The molecule has 0 bridgehead atoms. The SMILES string of the molecule is [2H]c1c([2H])c(OC2([2H])C([2H])([2H])OC2([2H])[2H])c([2H])c([2H])c1N. The Bertz CT molecular complexity index is 575. The van der Waals surface area contributed by atoms with Crippen LogP contribution in [0.25, 0.3) is 0 Å². The fourth-order valence-corrected chi connectivity index (χ4v) is 0.598. The van der Waals surface area contributed by atoms with Gasteiger partial charge in [0.1, 0.15) is 11.8 Å². The second-order valence-corrected chi connectivity index (χ2v) is 1.98. The monoisotopic (exact) mass is 174 g/mol. The molecule has 2 N–H and O–H groups in total. The molecule has 0 amide bonds. The van der Waals surface area contributed by atoms with Gasteiger partial charge < -0.3 is 15.2 Å². The highest BCUT2D eigenvalue weighted by molar-refractivity contribution is 5.41. The number of nitrogen functional groups attached to an aromatic ring is 1. The normalized spacial score (nSPS) is 38.8. The van der Waals surface area contributed by atoms with Crippen LogP contribution in [0.5, 0.6) is 5.75 Å². The fourth-order valence-electron chi connectivity index (χ4n) is 0.598. The third kappa shape index (κ3) is 1.51. The van der Waals surface area contributed by atoms with Gasteiger partial charge in [-0.3, -0.25) is 0 Å². The molecule has 2 rings (SSSR count). The van der Waals surface area contributed by atoms with E-state index in [9.17, 15) is 0 Å². The van der Waals surface area contributed by atoms with E-state index in [1.807, 2.05) is 0 Å². The van der Waals surface area contributed by atoms with Crippen molar-refractivity contribution in [2.24, 2.45) is 0 Å². The lowest BCUT2D eigenvalue weighted by atomic mass is 10.3. The van der Waals surface area contributed by atoms with Gasteiger partial charge in [0.2, 0.25) is 0 Å². The van der Waals surface area contributed by atoms with Crippen molar-refractivity contribution in [3.63, 3.8) is 0 Å². The number of benzene rings is 1. The first-order chi connectivity index (χ1) is 9.36. The number of ether oxygens (including phenoxy) is 2. The number of nitrogens with two attached hydrogens (primary N) is 1. The Morgan fingerprint density at radius 3 is 2.83 bits per heavy atom. The quantitative estimate of drug-likeness (QED) is 0.681. The summed E-state index contributed by atoms with van der Waals surface area (Å²) in [5.74, 6) is -0.759. The zero-order valence-electron chi connectivity index (χ0n) is 14.9. The molecule has 12 heavy (non-hydrogen) atoms. The van der Waals surface area contributed by atoms with Crippen molar-refractivity contribution in [2.45, 2.75) is 6.08 Å². The number of hydrogen-bond donors (Lipinski definition) is 1. The summed E-state index contributed by atoms with van der Waals surface area (Å²) in [6, 6.07) is -2.68. The molecule has 0 aromatic heterocycles. The van der Waals surface area contributed by atoms with Crippen molar-refractivity contribution in [1.82, 2.24) is 0 Å². The molecule has 1 saturated heterocycles. The molecule has 0 aliphatic carbocycles. The van der Waals surface area contributed by atoms with E-state index in [0.29, 0.717) is 0 Å². The molecule has 1 aliphatic rings. The lowest BCUT2D eigenvalue weighted by Gasteiger charge is -2.26. The van der Waals surface area contributed by atoms with Crippen LogP contribution in [0.3, 0.4) is 0 Å². The average Bonchev–Trinajstić information content (AvgIpc) is 2.37. The van der Waals surface area contributed by atoms with Crippen LogP contribution < -0.4 is 10.5 Å². The Kier molecular flexibility index (Phi) is 0.602. The molecule has 3 nitrogen and oxygen atoms in total. The largest absolute Gasteiger partial charge is 0.486 e. The molecule has 1 aliphatic heterocycles. The molecule has 1 aromatic carbocycles. The first-order valence-corrected chi connectivity index (χ1v) is 3.11. The Balaban J connectivity index is 2.55. The molecule has 1 aromatic rings. The summed E-state index contributed by atoms with van der Waals surface area (Å²) in [5.41, 5.74) is 4.96. The van der Waals surface area contributed by atoms with Gasteiger partial charge >= 0.3 is 0 Å². The molecule has 0 saturated carbocycles. The maximum atomic E-state index is 7.78. The van der Waals surface area contributed by atoms with Crippen LogP contribution in [-0.4, -0.2) is 19.2 Å². The maximum Gasteiger partial charge on any atom is 0.145 e. The van der Waals surface area contributed by atoms with Crippen LogP contribution in [0, 0.1) is 0 Å². The van der Waals surface area contributed by atoms with Crippen LogP contribution in [0.2, 0.25) is 0 Å². The average molecular weight is 174 g/mol. The van der Waals surface area contributed by atoms with Crippen LogP contribution >= 0.6 is 0 Å². The summed E-state index contributed by atoms with van der Waals surface area (Å²) in [6.45, 7) is -5.64. The molecule has 0 spiro atoms. The van der Waals surface area contributed by atoms with E-state index in [-0.39, 0.29) is 0 Å². The van der Waals surface area contributed by atoms with Gasteiger partial charge in [-0.05, 0) is 24.2 Å². The van der Waals surface area contributed by atoms with Crippen LogP contribution in [0.1, 0.15) is 12.3 Å². The van der Waals surface area contributed by atoms with Gasteiger partial charge in [0.05, 0.1) is 25.5 Å². The Labute approximate surface area is 83.7 Å². The number of rotatable bonds is 2. The van der Waals surface area contributed by atoms with E-state index >= 15 is 0 Å². The van der Waals surface area contributed by atoms with Crippen LogP contribution in [-0.2, 0) is 4.74 Å². The lowest BCUT2D eigenvalue weighted by Crippen LogP contribution is -2.38. The summed E-state index contributed by atoms with van der Waals surface area (Å²) in [4.78, 5) is 0. The third-order valence-electron chi connectivity index (χ3n) is 1.11. The van der Waals surface area contributed by atoms with Gasteiger partial charge in [-0.1, -0.05) is 0 Å². The predicted octanol–water partition coefficient (Wildman–Crippen LogP) is 1.05. The van der Waals surface area contributed by atoms with Gasteiger partial charge in [0.15, 0.2) is 0 Å². The molecule has 3 heteroatoms. The molecule has 0 unspecified atom stereocenters. The van der Waals surface area contributed by atoms with Crippen molar-refractivity contribution < 1.29 is 21.8 Å². The smallest absolute Gasteiger partial charge is 0.145 e. The van der Waals surface area contributed by atoms with E-state index < -0.39 is 54.8 Å². The maximum absolute atomic E-state index is 7.78. The highest BCUT2D eigenvalue weighted by Crippen LogP contribution is 2.17. The van der Waals surface area contributed by atoms with Gasteiger partial charge in [-0.2, -0.15) is 0 Å². The first kappa shape index (κ1) is 2.39. The Morgan fingerprint density at radius 1 is 1.58 bits per heavy atom. The predicted molar refractivity (Wildman–Crippen MR) is 46.1 cm³/mol. The molecular formula is C9H11NO2. The summed E-state index contributed by atoms with van der Waals surface area (Å²) >= 11 is 0. The zero-order chi connectivity index (χ0) is 16.4. The van der Waals surface area contributed by atoms with Crippen molar-refractivity contribution in [1.29, 1.82) is 0 Å². The van der Waals surface area contributed by atoms with Crippen molar-refractivity contribution in [3.8, 4) is 5.75 Å². The van der Waals surface area contributed by atoms with E-state index in [1.54, 1.807) is 0 Å². The van der Waals surface area contributed by atoms with E-state index in [4.69, 9.17) is 22.8 Å². The van der Waals surface area contributed by atoms with Crippen molar-refractivity contribution in [2.75, 3.05) is 18.9 Å². The zero-order valence-corrected chi connectivity index (χ0v) is 5.89. The highest BCUT2D eigenvalue weighted by atomic mass is 16.6. The minimum absolute atomic E-state index is 0.424. The van der Waals surface area contributed by atoms with Gasteiger partial charge in [-0.25, -0.2) is 0 Å². The molecule has 0 radical (unpaired) electrons. The van der Waals surface area contributed by atoms with Crippen molar-refractivity contribution in [3.05, 3.63) is 24.2 Å². The summed E-state index contributed by atoms with van der Waals surface area (Å²) < 4.78 is 76.7. The van der Waals surface area contributed by atoms with Crippen LogP contribution in [0.15, 0.2) is 24.2 Å². The minimum atomic E-state index is -2.87. The second kappa shape index (κ2) is 3.03. The fraction of sp³-hybridized carbons (Fsp3) is 0.333. The van der Waals surface area contributed by atoms with Crippen molar-refractivity contribution >= 4 is 5.69 Å². The van der Waals surface area contributed by atoms with E-state index in [0.717, 1.165) is 0 Å². The number of anilines is 1. The number of hydrogen-bond acceptors (Lipinski definition) is 3. The minimum Gasteiger partial charge on any atom is -0.486 e. The molecule has 64 valence electrons. The molecule has 1 fully saturated rings. The third-order valence-corrected chi connectivity index (χ3v) is 1.11. The standard InChI is InChI=1S/C9H11NO2/c10-7-1-3-8(4-2-7)12-9-5-11-6-9/h1-4,9H,5-6,10H2/i1D,2D,3D,4D,5D2,6D2,9D. The summed E-state index contributed by atoms with van der Waals surface area (Å²) in [6.07, 6.45) is -2.87. The van der Waals surface area contributed by atoms with E-state index in [2.05, 4.69) is 4.74 Å². The van der Waals surface area contributed by atoms with Gasteiger partial charge in [-0.15, -0.1) is 0 Å². The highest BCUT2D eigenvalue weighted by Gasteiger charge is 2.19. The Hall–Kier alpha value is -1.22. The molecule has 1 heterocycles. The van der Waals surface area contributed by atoms with Gasteiger partial charge in [0, 0.05) is 5.69 Å². The summed E-state index contributed by atoms with van der Waals surface area (Å²) in [5, 5.41) is 0. The molecular weight excluding hydrogens is 154 g/mol. The van der Waals surface area contributed by atoms with E-state index in [1.165, 1.54) is 0 Å². The topological polar surface area (TPSA) is 44.5 Å². The second-order valence-electron chi connectivity index (χ2n) is 1.98. The first-order valence-electron chi connectivity index (χ1n) is 7.61. The van der Waals surface area contributed by atoms with Gasteiger partial charge in [0.25, 0.3) is 0 Å². The van der Waals surface area contributed by atoms with Crippen LogP contribution in [0.4, 0.5) is 5.69 Å². The summed E-state index contributed by atoms with van der Waals surface area (Å²) in [7, 11) is 0. The Morgan fingerprint density at radius 2 is 2.25 bits per heavy atom. The molecule has 0 atom stereocenters. The lowest BCUT2D eigenvalue weighted by molar-refractivity contribution is -0.0796.